The van der Waals surface area contributed by atoms with Gasteiger partial charge in [0.05, 0.1) is 12.2 Å². The number of hydrogen-bond donors (Lipinski definition) is 3. The Morgan fingerprint density at radius 3 is 2.67 bits per heavy atom. The quantitative estimate of drug-likeness (QED) is 0.0781. The number of oxime groups is 1. The van der Waals surface area contributed by atoms with E-state index in [4.69, 9.17) is 15.3 Å². The van der Waals surface area contributed by atoms with Crippen LogP contribution in [0.4, 0.5) is 5.13 Å². The number of aromatic nitrogens is 3. The molecule has 2 aliphatic heterocycles. The van der Waals surface area contributed by atoms with Crippen molar-refractivity contribution in [2.75, 3.05) is 24.7 Å². The van der Waals surface area contributed by atoms with Crippen LogP contribution in [0, 0.1) is 0 Å². The predicted molar refractivity (Wildman–Crippen MR) is 144 cm³/mol. The number of unbranched alkanes of at least 4 members (excludes halogenated alkanes) is 1. The zero-order valence-electron chi connectivity index (χ0n) is 21.7. The molecule has 1 saturated heterocycles. The lowest BCUT2D eigenvalue weighted by atomic mass is 10.0. The van der Waals surface area contributed by atoms with Crippen LogP contribution in [0.1, 0.15) is 42.9 Å². The van der Waals surface area contributed by atoms with E-state index in [-0.39, 0.29) is 35.5 Å². The number of hydrogen-bond acceptors (Lipinski definition) is 12. The number of aliphatic carboxylic acids is 1. The summed E-state index contributed by atoms with van der Waals surface area (Å²) in [5, 5.41) is 15.8. The first-order valence-corrected chi connectivity index (χ1v) is 14.2. The Bertz CT molecular complexity index is 1360. The molecule has 2 aliphatic rings. The van der Waals surface area contributed by atoms with Crippen LogP contribution in [0.15, 0.2) is 41.0 Å². The molecule has 1 unspecified atom stereocenters. The number of nitrogen functional groups attached to an aromatic ring is 1. The van der Waals surface area contributed by atoms with Gasteiger partial charge in [-0.25, -0.2) is 14.2 Å². The van der Waals surface area contributed by atoms with Gasteiger partial charge in [-0.1, -0.05) is 18.5 Å². The molecular weight excluding hydrogens is 562 g/mol. The van der Waals surface area contributed by atoms with Gasteiger partial charge in [0.2, 0.25) is 11.5 Å². The minimum atomic E-state index is -1.25. The molecule has 40 heavy (non-hydrogen) atoms. The van der Waals surface area contributed by atoms with Crippen LogP contribution in [0.25, 0.3) is 0 Å². The molecule has 0 radical (unpaired) electrons. The Morgan fingerprint density at radius 1 is 1.30 bits per heavy atom. The second-order valence-electron chi connectivity index (χ2n) is 8.68. The van der Waals surface area contributed by atoms with Crippen molar-refractivity contribution in [1.29, 1.82) is 0 Å². The van der Waals surface area contributed by atoms with Crippen LogP contribution in [-0.2, 0) is 30.5 Å². The Labute approximate surface area is 237 Å². The topological polar surface area (TPSA) is 190 Å². The number of carboxylic acids is 1. The number of pyridine rings is 1. The fraction of sp³-hybridized carbons (Fsp3) is 0.417. The summed E-state index contributed by atoms with van der Waals surface area (Å²) in [5.74, 6) is -2.74. The van der Waals surface area contributed by atoms with E-state index in [0.717, 1.165) is 24.4 Å². The number of rotatable bonds is 12. The largest absolute Gasteiger partial charge is 0.477 e. The summed E-state index contributed by atoms with van der Waals surface area (Å²) >= 11 is 2.20. The first-order chi connectivity index (χ1) is 19.2. The highest BCUT2D eigenvalue weighted by atomic mass is 32.2. The lowest BCUT2D eigenvalue weighted by molar-refractivity contribution is -0.689. The predicted octanol–water partition coefficient (Wildman–Crippen LogP) is 0.544. The summed E-state index contributed by atoms with van der Waals surface area (Å²) in [6, 6.07) is 2.21. The van der Waals surface area contributed by atoms with E-state index in [0.29, 0.717) is 23.5 Å². The standard InChI is InChI=1S/C24H27N7O7S2/c1-3-5-10-37-23(36)13-6-8-30(9-7-13)11-14-12-39-21-16(20(33)31(21)17(14)22(34)35)26-19(32)15(28-38-4-2)18-27-24(25)40-29-18/h6-9,16,21H,3-5,10-12H2,1-2H3,(H3-,25,26,27,29,32,34,35)/p+1/t16?,21-/m1/s1. The Morgan fingerprint density at radius 2 is 2.05 bits per heavy atom. The second kappa shape index (κ2) is 12.9. The summed E-state index contributed by atoms with van der Waals surface area (Å²) < 4.78 is 10.9. The number of nitrogens with two attached hydrogens (primary N) is 1. The summed E-state index contributed by atoms with van der Waals surface area (Å²) in [4.78, 5) is 60.5. The van der Waals surface area contributed by atoms with Crippen LogP contribution in [0.2, 0.25) is 0 Å². The van der Waals surface area contributed by atoms with Crippen molar-refractivity contribution in [3.05, 3.63) is 47.2 Å². The molecule has 2 amide bonds. The van der Waals surface area contributed by atoms with Crippen molar-refractivity contribution >= 4 is 57.9 Å². The number of carbonyl (C=O) groups is 4. The molecular formula is C24H28N7O7S2+. The van der Waals surface area contributed by atoms with Gasteiger partial charge in [-0.3, -0.25) is 14.5 Å². The van der Waals surface area contributed by atoms with E-state index in [1.165, 1.54) is 16.7 Å². The van der Waals surface area contributed by atoms with E-state index in [2.05, 4.69) is 19.8 Å². The number of carboxylic acid groups (broad SMARTS) is 1. The molecule has 0 bridgehead atoms. The van der Waals surface area contributed by atoms with Crippen molar-refractivity contribution in [2.24, 2.45) is 5.16 Å². The lowest BCUT2D eigenvalue weighted by Crippen LogP contribution is -2.71. The number of carbonyl (C=O) groups excluding carboxylic acids is 3. The maximum atomic E-state index is 13.1. The number of amides is 2. The van der Waals surface area contributed by atoms with E-state index >= 15 is 0 Å². The highest BCUT2D eigenvalue weighted by molar-refractivity contribution is 8.00. The van der Waals surface area contributed by atoms with Gasteiger partial charge >= 0.3 is 11.9 Å². The van der Waals surface area contributed by atoms with E-state index in [9.17, 15) is 24.3 Å². The fourth-order valence-corrected chi connectivity index (χ4v) is 5.74. The van der Waals surface area contributed by atoms with Crippen molar-refractivity contribution < 1.29 is 38.4 Å². The number of ether oxygens (including phenoxy) is 1. The molecule has 212 valence electrons. The SMILES string of the molecule is CCCCOC(=O)c1cc[n+](CC2=C(C(=O)O)N3C(=O)C(NC(=O)C(=NOCC)c4nsc(N)n4)[C@H]3SC2)cc1. The van der Waals surface area contributed by atoms with E-state index < -0.39 is 35.2 Å². The van der Waals surface area contributed by atoms with Gasteiger partial charge in [-0.05, 0) is 13.3 Å². The molecule has 4 N–H and O–H groups in total. The molecule has 2 aromatic heterocycles. The number of fused-ring (bicyclic) bond motifs is 1. The normalized spacial score (nSPS) is 18.6. The number of β-lactam (4-membered cyclic amide) rings is 1. The highest BCUT2D eigenvalue weighted by Gasteiger charge is 2.54. The summed E-state index contributed by atoms with van der Waals surface area (Å²) in [7, 11) is 0. The van der Waals surface area contributed by atoms with Gasteiger partial charge in [0.1, 0.15) is 23.7 Å². The number of nitrogens with zero attached hydrogens (tertiary/aromatic N) is 5. The van der Waals surface area contributed by atoms with Crippen LogP contribution in [-0.4, -0.2) is 79.2 Å². The van der Waals surface area contributed by atoms with Gasteiger partial charge in [0.25, 0.3) is 11.8 Å². The number of esters is 1. The first-order valence-electron chi connectivity index (χ1n) is 12.4. The molecule has 16 heteroatoms. The molecule has 0 saturated carbocycles. The third-order valence-corrected chi connectivity index (χ3v) is 7.80. The van der Waals surface area contributed by atoms with Crippen LogP contribution in [0.3, 0.4) is 0 Å². The van der Waals surface area contributed by atoms with Gasteiger partial charge < -0.3 is 25.7 Å². The van der Waals surface area contributed by atoms with Crippen molar-refractivity contribution in [3.8, 4) is 0 Å². The fourth-order valence-electron chi connectivity index (χ4n) is 3.97. The smallest absolute Gasteiger partial charge is 0.352 e. The average molecular weight is 591 g/mol. The van der Waals surface area contributed by atoms with E-state index in [1.54, 1.807) is 36.0 Å². The van der Waals surface area contributed by atoms with Crippen LogP contribution in [0.5, 0.6) is 0 Å². The Balaban J connectivity index is 1.46. The average Bonchev–Trinajstić information content (AvgIpc) is 3.37. The minimum absolute atomic E-state index is 0.0425. The summed E-state index contributed by atoms with van der Waals surface area (Å²) in [5.41, 5.74) is 6.14. The highest BCUT2D eigenvalue weighted by Crippen LogP contribution is 2.40. The van der Waals surface area contributed by atoms with Crippen molar-refractivity contribution in [3.63, 3.8) is 0 Å². The molecule has 0 aliphatic carbocycles. The maximum absolute atomic E-state index is 13.1. The molecule has 4 heterocycles. The molecule has 0 aromatic carbocycles. The monoisotopic (exact) mass is 590 g/mol. The van der Waals surface area contributed by atoms with Gasteiger partial charge in [0.15, 0.2) is 24.1 Å². The molecule has 2 aromatic rings. The number of anilines is 1. The molecule has 14 nitrogen and oxygen atoms in total. The van der Waals surface area contributed by atoms with Crippen molar-refractivity contribution in [2.45, 2.75) is 44.6 Å². The third kappa shape index (κ3) is 6.22. The van der Waals surface area contributed by atoms with E-state index in [1.807, 2.05) is 6.92 Å². The minimum Gasteiger partial charge on any atom is -0.477 e. The number of nitrogens with one attached hydrogen (secondary N) is 1. The Hall–Kier alpha value is -4.05. The summed E-state index contributed by atoms with van der Waals surface area (Å²) in [6.45, 7) is 4.41. The molecule has 2 atom stereocenters. The van der Waals surface area contributed by atoms with Gasteiger partial charge in [-0.2, -0.15) is 9.36 Å². The zero-order chi connectivity index (χ0) is 28.8. The lowest BCUT2D eigenvalue weighted by Gasteiger charge is -2.49. The van der Waals surface area contributed by atoms with Crippen LogP contribution >= 0.6 is 23.3 Å². The molecule has 0 spiro atoms. The maximum Gasteiger partial charge on any atom is 0.352 e. The summed E-state index contributed by atoms with van der Waals surface area (Å²) in [6.07, 6.45) is 5.00. The zero-order valence-corrected chi connectivity index (χ0v) is 23.4. The molecule has 1 fully saturated rings. The van der Waals surface area contributed by atoms with Gasteiger partial charge in [0, 0.05) is 35.0 Å². The molecule has 4 rings (SSSR count). The second-order valence-corrected chi connectivity index (χ2v) is 10.6. The van der Waals surface area contributed by atoms with Gasteiger partial charge in [-0.15, -0.1) is 11.8 Å². The third-order valence-electron chi connectivity index (χ3n) is 5.92. The number of thioether (sulfide) groups is 1. The Kier molecular flexibility index (Phi) is 9.31. The van der Waals surface area contributed by atoms with Crippen LogP contribution < -0.4 is 15.6 Å². The first kappa shape index (κ1) is 28.9. The van der Waals surface area contributed by atoms with Crippen molar-refractivity contribution in [1.82, 2.24) is 19.6 Å².